The van der Waals surface area contributed by atoms with Crippen LogP contribution in [0, 0.1) is 19.7 Å². The zero-order chi connectivity index (χ0) is 23.3. The first-order valence-electron chi connectivity index (χ1n) is 7.26. The monoisotopic (exact) mass is 794 g/mol. The van der Waals surface area contributed by atoms with Gasteiger partial charge in [-0.1, -0.05) is 14.4 Å². The van der Waals surface area contributed by atoms with Gasteiger partial charge in [-0.3, -0.25) is 14.3 Å². The molecule has 0 saturated heterocycles. The molecule has 0 saturated carbocycles. The molecule has 0 aromatic rings. The Kier molecular flexibility index (Phi) is 84.8. The third-order valence-electron chi connectivity index (χ3n) is 1.82. The van der Waals surface area contributed by atoms with Crippen molar-refractivity contribution >= 4 is 138 Å². The Morgan fingerprint density at radius 2 is 1.39 bits per heavy atom. The number of carboxylic acid groups (broad SMARTS) is 1. The van der Waals surface area contributed by atoms with E-state index < -0.39 is 5.97 Å². The van der Waals surface area contributed by atoms with Crippen LogP contribution in [0.15, 0.2) is 21.4 Å². The normalized spacial score (nSPS) is 7.42. The number of Topliss-reactive ketones (excluding diaryl/α,β-unsaturated/α-hetero) is 1. The average Bonchev–Trinajstić information content (AvgIpc) is 2.61. The number of carbonyl (C=O) groups excluding carboxylic acids is 1. The largest absolute Gasteiger partial charge is 1.00 e. The molecule has 0 atom stereocenters. The van der Waals surface area contributed by atoms with Crippen molar-refractivity contribution in [2.24, 2.45) is 0 Å². The van der Waals surface area contributed by atoms with Crippen molar-refractivity contribution in [3.05, 3.63) is 55.6 Å². The van der Waals surface area contributed by atoms with Crippen molar-refractivity contribution in [3.8, 4) is 0 Å². The maximum atomic E-state index is 10.4. The molecule has 0 radical (unpaired) electrons. The molecule has 0 fully saturated rings. The van der Waals surface area contributed by atoms with Crippen LogP contribution in [0.4, 0.5) is 4.70 Å². The maximum Gasteiger partial charge on any atom is 1.00 e. The molecule has 0 aromatic carbocycles. The summed E-state index contributed by atoms with van der Waals surface area (Å²) in [6.45, 7) is 21.9. The fourth-order valence-corrected chi connectivity index (χ4v) is 2.53. The third-order valence-corrected chi connectivity index (χ3v) is 4.33. The van der Waals surface area contributed by atoms with Gasteiger partial charge in [0, 0.05) is 6.92 Å². The van der Waals surface area contributed by atoms with Crippen molar-refractivity contribution in [1.82, 2.24) is 6.15 Å². The second-order valence-electron chi connectivity index (χ2n) is 3.78. The number of ketones is 1. The van der Waals surface area contributed by atoms with E-state index in [2.05, 4.69) is 39.4 Å². The van der Waals surface area contributed by atoms with Gasteiger partial charge in [-0.05, 0) is 12.5 Å². The minimum absolute atomic E-state index is 0. The maximum absolute atomic E-state index is 10.4. The molecule has 0 unspecified atom stereocenters. The molecule has 0 spiro atoms. The summed E-state index contributed by atoms with van der Waals surface area (Å²) >= 11 is 13.7. The quantitative estimate of drug-likeness (QED) is 0.0747. The van der Waals surface area contributed by atoms with E-state index in [9.17, 15) is 14.7 Å². The van der Waals surface area contributed by atoms with E-state index in [-0.39, 0.29) is 111 Å². The first-order chi connectivity index (χ1) is 13.0. The number of allylic oxidation sites excluding steroid dienone is 1. The van der Waals surface area contributed by atoms with E-state index in [0.717, 1.165) is 73.6 Å². The summed E-state index contributed by atoms with van der Waals surface area (Å²) in [5.41, 5.74) is -0.301. The van der Waals surface area contributed by atoms with Crippen LogP contribution in [0.25, 0.3) is 14.5 Å². The minimum atomic E-state index is -1.15. The number of hydrogen-bond acceptors (Lipinski definition) is 8. The van der Waals surface area contributed by atoms with Crippen LogP contribution in [-0.2, 0) is 22.2 Å². The van der Waals surface area contributed by atoms with Gasteiger partial charge in [0.2, 0.25) is 5.78 Å². The number of thiocarbonyl (C=S) groups is 1. The van der Waals surface area contributed by atoms with Gasteiger partial charge in [0.05, 0.1) is 17.4 Å². The van der Waals surface area contributed by atoms with Crippen LogP contribution in [0.3, 0.4) is 0 Å². The second-order valence-corrected chi connectivity index (χ2v) is 6.75. The van der Waals surface area contributed by atoms with E-state index in [1.165, 1.54) is 37.4 Å². The van der Waals surface area contributed by atoms with Gasteiger partial charge in [-0.2, -0.15) is 0 Å². The van der Waals surface area contributed by atoms with Gasteiger partial charge >= 0.3 is 139 Å². The summed E-state index contributed by atoms with van der Waals surface area (Å²) in [4.78, 5) is 28.8. The van der Waals surface area contributed by atoms with Gasteiger partial charge in [-0.15, -0.1) is 33.5 Å². The van der Waals surface area contributed by atoms with Crippen molar-refractivity contribution in [2.75, 3.05) is 19.1 Å². The van der Waals surface area contributed by atoms with E-state index in [1.807, 2.05) is 0 Å². The van der Waals surface area contributed by atoms with Crippen molar-refractivity contribution < 1.29 is 83.6 Å². The predicted octanol–water partition coefficient (Wildman–Crippen LogP) is -3.05. The number of hydrogen-bond donors (Lipinski definition) is 2. The SMILES string of the molecule is C.F.N.[C-]#[N+]C(C(=O)O)=C(SC)SC.[C-]#[N+]C(C(=S)[S-])=C(C)[O-].[C-]#[N+]CC(C)=O.[Cs][Cs].[Na+].[Na+]. The Labute approximate surface area is 313 Å². The molecule has 0 aromatic heterocycles. The van der Waals surface area contributed by atoms with Crippen LogP contribution in [0.5, 0.6) is 0 Å². The number of thioether (sulfide) groups is 2. The van der Waals surface area contributed by atoms with E-state index >= 15 is 0 Å². The van der Waals surface area contributed by atoms with Crippen molar-refractivity contribution in [1.29, 1.82) is 0 Å². The summed E-state index contributed by atoms with van der Waals surface area (Å²) in [7, 11) is 0. The van der Waals surface area contributed by atoms with E-state index in [4.69, 9.17) is 24.8 Å². The van der Waals surface area contributed by atoms with Crippen LogP contribution < -0.4 is 70.4 Å². The summed E-state index contributed by atoms with van der Waals surface area (Å²) < 4.78 is 0.505. The van der Waals surface area contributed by atoms with Crippen LogP contribution in [0.2, 0.25) is 0 Å². The molecule has 0 aliphatic heterocycles. The molecule has 33 heavy (non-hydrogen) atoms. The molecule has 166 valence electrons. The molecule has 8 nitrogen and oxygen atoms in total. The van der Waals surface area contributed by atoms with Crippen molar-refractivity contribution in [3.63, 3.8) is 0 Å². The Bertz CT molecular complexity index is 731. The summed E-state index contributed by atoms with van der Waals surface area (Å²) in [5, 5.41) is 18.9. The van der Waals surface area contributed by atoms with Gasteiger partial charge < -0.3 is 46.1 Å². The number of rotatable bonds is 5. The summed E-state index contributed by atoms with van der Waals surface area (Å²) in [5.74, 6) is -1.58. The summed E-state index contributed by atoms with van der Waals surface area (Å²) in [6.07, 6.45) is 3.50. The standard InChI is InChI=1S/C6H7NO2S2.C5H5NOS2.C4H5NO.CH4.2Cs.FH.H3N.2Na/c1-7-4(5(8)9)6(10-2)11-3;1-3(7)4(6-2)5(8)9;1-4(6)3-5-2;;;;;;;/h2-3H3,(H,8,9);7H,1H3,(H,8,9);3H2,1H3;1H4;;;1H;1H3;;/q;;;;;;;;2*+1/p-2. The fraction of sp³-hybridized carbons (Fsp3) is 0.375. The first kappa shape index (κ1) is 61.1. The Morgan fingerprint density at radius 3 is 1.42 bits per heavy atom. The van der Waals surface area contributed by atoms with Gasteiger partial charge in [-0.25, -0.2) is 16.3 Å². The number of carboxylic acids is 1. The Hall–Kier alpha value is 3.89. The second kappa shape index (κ2) is 45.8. The van der Waals surface area contributed by atoms with Gasteiger partial charge in [0.25, 0.3) is 12.2 Å². The van der Waals surface area contributed by atoms with Gasteiger partial charge in [0.1, 0.15) is 0 Å². The van der Waals surface area contributed by atoms with Crippen LogP contribution >= 0.6 is 35.7 Å². The smallest absolute Gasteiger partial charge is 1.00 e. The van der Waals surface area contributed by atoms with Crippen LogP contribution in [-0.4, -0.2) is 114 Å². The van der Waals surface area contributed by atoms with Gasteiger partial charge in [0.15, 0.2) is 5.70 Å². The molecule has 0 heterocycles. The molecule has 0 aliphatic rings. The molecule has 0 bridgehead atoms. The fourth-order valence-electron chi connectivity index (χ4n) is 0.837. The Balaban J connectivity index is -0.0000000345. The number of aliphatic carboxylic acids is 1. The number of halogens is 1. The Morgan fingerprint density at radius 1 is 1.06 bits per heavy atom. The average molecular weight is 794 g/mol. The van der Waals surface area contributed by atoms with E-state index in [0.29, 0.717) is 4.24 Å². The minimum Gasteiger partial charge on any atom is 1.00 e. The third kappa shape index (κ3) is 43.2. The molecular weight excluding hydrogens is 771 g/mol. The molecular formula is C16H23Cs2FN4Na2O4S4. The van der Waals surface area contributed by atoms with Crippen LogP contribution in [0.1, 0.15) is 21.3 Å². The topological polar surface area (TPSA) is 126 Å². The first-order valence-corrected chi connectivity index (χ1v) is 62.5. The summed E-state index contributed by atoms with van der Waals surface area (Å²) in [6, 6.07) is 0. The molecule has 0 aliphatic carbocycles. The molecule has 17 heteroatoms. The molecule has 0 rings (SSSR count). The molecule has 4 N–H and O–H groups in total. The van der Waals surface area contributed by atoms with E-state index in [1.54, 1.807) is 12.5 Å². The number of carbonyl (C=O) groups is 2. The predicted molar refractivity (Wildman–Crippen MR) is 135 cm³/mol. The zero-order valence-electron chi connectivity index (χ0n) is 19.5. The number of nitrogens with zero attached hydrogens (tertiary/aromatic N) is 3. The van der Waals surface area contributed by atoms with Crippen molar-refractivity contribution in [2.45, 2.75) is 21.3 Å². The molecule has 0 amide bonds. The zero-order valence-corrected chi connectivity index (χ0v) is 39.3.